The molecule has 0 unspecified atom stereocenters. The molecule has 0 aliphatic heterocycles. The number of imidazole rings is 1. The van der Waals surface area contributed by atoms with Gasteiger partial charge in [-0.2, -0.15) is 0 Å². The summed E-state index contributed by atoms with van der Waals surface area (Å²) in [6, 6.07) is 9.57. The van der Waals surface area contributed by atoms with Crippen molar-refractivity contribution in [1.82, 2.24) is 9.55 Å². The van der Waals surface area contributed by atoms with Gasteiger partial charge in [0, 0.05) is 5.02 Å². The molecule has 0 bridgehead atoms. The molecule has 1 heterocycles. The molecule has 0 amide bonds. The highest BCUT2D eigenvalue weighted by Crippen LogP contribution is 2.27. The molecule has 1 aromatic heterocycles. The summed E-state index contributed by atoms with van der Waals surface area (Å²) in [5.41, 5.74) is 2.27. The Labute approximate surface area is 123 Å². The maximum Gasteiger partial charge on any atom is 0.182 e. The van der Waals surface area contributed by atoms with Crippen molar-refractivity contribution in [2.75, 3.05) is 0 Å². The highest BCUT2D eigenvalue weighted by atomic mass is 35.5. The summed E-state index contributed by atoms with van der Waals surface area (Å²) in [6.07, 6.45) is 0. The highest BCUT2D eigenvalue weighted by Gasteiger charge is 2.10. The first-order valence-corrected chi connectivity index (χ1v) is 6.58. The van der Waals surface area contributed by atoms with Gasteiger partial charge in [0.25, 0.3) is 0 Å². The monoisotopic (exact) mass is 312 g/mol. The highest BCUT2D eigenvalue weighted by molar-refractivity contribution is 7.71. The molecule has 0 aliphatic carbocycles. The number of aromatic nitrogens is 2. The van der Waals surface area contributed by atoms with E-state index in [2.05, 4.69) is 4.98 Å². The minimum atomic E-state index is -0.386. The van der Waals surface area contributed by atoms with Gasteiger partial charge in [0.15, 0.2) is 4.77 Å². The fourth-order valence-electron chi connectivity index (χ4n) is 1.99. The smallest absolute Gasteiger partial charge is 0.182 e. The molecule has 0 saturated heterocycles. The van der Waals surface area contributed by atoms with Crippen molar-refractivity contribution in [2.24, 2.45) is 0 Å². The van der Waals surface area contributed by atoms with E-state index in [4.69, 9.17) is 35.4 Å². The Hall–Kier alpha value is -1.36. The number of hydrogen-bond acceptors (Lipinski definition) is 1. The SMILES string of the molecule is Fc1ccc(-n2c(=S)[nH]c3cc(Cl)ccc32)c(Cl)c1. The molecule has 96 valence electrons. The third kappa shape index (κ3) is 2.16. The minimum Gasteiger partial charge on any atom is -0.330 e. The number of halogens is 3. The third-order valence-corrected chi connectivity index (χ3v) is 3.62. The molecular weight excluding hydrogens is 306 g/mol. The van der Waals surface area contributed by atoms with Crippen LogP contribution >= 0.6 is 35.4 Å². The van der Waals surface area contributed by atoms with Crippen LogP contribution in [0.15, 0.2) is 36.4 Å². The van der Waals surface area contributed by atoms with E-state index in [0.717, 1.165) is 11.0 Å². The molecule has 3 rings (SSSR count). The van der Waals surface area contributed by atoms with Crippen LogP contribution in [0.2, 0.25) is 10.0 Å². The van der Waals surface area contributed by atoms with Gasteiger partial charge in [-0.15, -0.1) is 0 Å². The predicted octanol–water partition coefficient (Wildman–Crippen LogP) is 5.13. The zero-order chi connectivity index (χ0) is 13.6. The number of rotatable bonds is 1. The summed E-state index contributed by atoms with van der Waals surface area (Å²) in [5, 5.41) is 0.910. The predicted molar refractivity (Wildman–Crippen MR) is 78.4 cm³/mol. The fourth-order valence-corrected chi connectivity index (χ4v) is 2.72. The van der Waals surface area contributed by atoms with E-state index in [9.17, 15) is 4.39 Å². The van der Waals surface area contributed by atoms with Crippen LogP contribution in [0.25, 0.3) is 16.7 Å². The molecule has 3 aromatic rings. The maximum atomic E-state index is 13.1. The molecule has 0 fully saturated rings. The van der Waals surface area contributed by atoms with Crippen LogP contribution in [-0.4, -0.2) is 9.55 Å². The summed E-state index contributed by atoms with van der Waals surface area (Å²) >= 11 is 17.3. The van der Waals surface area contributed by atoms with E-state index in [1.807, 2.05) is 6.07 Å². The summed E-state index contributed by atoms with van der Waals surface area (Å²) in [4.78, 5) is 3.05. The number of benzene rings is 2. The van der Waals surface area contributed by atoms with Crippen molar-refractivity contribution >= 4 is 46.5 Å². The molecule has 0 saturated carbocycles. The van der Waals surface area contributed by atoms with E-state index in [-0.39, 0.29) is 5.82 Å². The Balaban J connectivity index is 2.36. The molecule has 0 aliphatic rings. The van der Waals surface area contributed by atoms with Crippen LogP contribution in [0, 0.1) is 10.6 Å². The zero-order valence-electron chi connectivity index (χ0n) is 9.45. The van der Waals surface area contributed by atoms with Crippen molar-refractivity contribution in [2.45, 2.75) is 0 Å². The number of H-pyrrole nitrogens is 1. The van der Waals surface area contributed by atoms with E-state index in [1.54, 1.807) is 22.8 Å². The molecule has 0 spiro atoms. The van der Waals surface area contributed by atoms with Gasteiger partial charge >= 0.3 is 0 Å². The number of nitrogens with zero attached hydrogens (tertiary/aromatic N) is 1. The first-order chi connectivity index (χ1) is 9.06. The van der Waals surface area contributed by atoms with Crippen LogP contribution in [-0.2, 0) is 0 Å². The van der Waals surface area contributed by atoms with Crippen molar-refractivity contribution in [1.29, 1.82) is 0 Å². The summed E-state index contributed by atoms with van der Waals surface area (Å²) in [5.74, 6) is -0.386. The average molecular weight is 313 g/mol. The number of nitrogens with one attached hydrogen (secondary N) is 1. The molecule has 0 atom stereocenters. The zero-order valence-corrected chi connectivity index (χ0v) is 11.8. The molecule has 6 heteroatoms. The van der Waals surface area contributed by atoms with E-state index in [0.29, 0.717) is 20.5 Å². The first kappa shape index (κ1) is 12.7. The van der Waals surface area contributed by atoms with Gasteiger partial charge in [-0.3, -0.25) is 4.57 Å². The third-order valence-electron chi connectivity index (χ3n) is 2.79. The van der Waals surface area contributed by atoms with Crippen LogP contribution < -0.4 is 0 Å². The van der Waals surface area contributed by atoms with Gasteiger partial charge in [0.05, 0.1) is 21.7 Å². The van der Waals surface area contributed by atoms with Crippen LogP contribution in [0.1, 0.15) is 0 Å². The summed E-state index contributed by atoms with van der Waals surface area (Å²) < 4.78 is 15.3. The van der Waals surface area contributed by atoms with E-state index in [1.165, 1.54) is 12.1 Å². The second-order valence-corrected chi connectivity index (χ2v) is 5.25. The summed E-state index contributed by atoms with van der Waals surface area (Å²) in [6.45, 7) is 0. The quantitative estimate of drug-likeness (QED) is 0.617. The lowest BCUT2D eigenvalue weighted by atomic mass is 10.2. The van der Waals surface area contributed by atoms with Crippen molar-refractivity contribution in [3.8, 4) is 5.69 Å². The van der Waals surface area contributed by atoms with Crippen molar-refractivity contribution in [3.05, 3.63) is 57.0 Å². The molecule has 2 nitrogen and oxygen atoms in total. The van der Waals surface area contributed by atoms with Gasteiger partial charge in [0.2, 0.25) is 0 Å². The Bertz CT molecular complexity index is 838. The molecule has 0 radical (unpaired) electrons. The lowest BCUT2D eigenvalue weighted by molar-refractivity contribution is 0.627. The van der Waals surface area contributed by atoms with Gasteiger partial charge in [-0.05, 0) is 48.6 Å². The Morgan fingerprint density at radius 3 is 2.63 bits per heavy atom. The topological polar surface area (TPSA) is 20.7 Å². The standard InChI is InChI=1S/C13H7Cl2FN2S/c14-7-1-3-12-10(5-7)17-13(19)18(12)11-4-2-8(16)6-9(11)15/h1-6H,(H,17,19). The minimum absolute atomic E-state index is 0.298. The lowest BCUT2D eigenvalue weighted by Gasteiger charge is -2.07. The Kier molecular flexibility index (Phi) is 3.09. The van der Waals surface area contributed by atoms with Crippen molar-refractivity contribution in [3.63, 3.8) is 0 Å². The fraction of sp³-hybridized carbons (Fsp3) is 0. The van der Waals surface area contributed by atoms with Gasteiger partial charge in [-0.1, -0.05) is 23.2 Å². The van der Waals surface area contributed by atoms with Gasteiger partial charge < -0.3 is 4.98 Å². The molecule has 19 heavy (non-hydrogen) atoms. The van der Waals surface area contributed by atoms with Crippen LogP contribution in [0.4, 0.5) is 4.39 Å². The Morgan fingerprint density at radius 1 is 1.11 bits per heavy atom. The Morgan fingerprint density at radius 2 is 1.89 bits per heavy atom. The normalized spacial score (nSPS) is 11.1. The average Bonchev–Trinajstić information content (AvgIpc) is 2.65. The largest absolute Gasteiger partial charge is 0.330 e. The molecule has 2 aromatic carbocycles. The summed E-state index contributed by atoms with van der Waals surface area (Å²) in [7, 11) is 0. The molecular formula is C13H7Cl2FN2S. The van der Waals surface area contributed by atoms with Crippen molar-refractivity contribution < 1.29 is 4.39 Å². The van der Waals surface area contributed by atoms with Gasteiger partial charge in [0.1, 0.15) is 5.82 Å². The number of fused-ring (bicyclic) bond motifs is 1. The van der Waals surface area contributed by atoms with Crippen LogP contribution in [0.3, 0.4) is 0 Å². The second-order valence-electron chi connectivity index (χ2n) is 4.02. The number of aromatic amines is 1. The second kappa shape index (κ2) is 4.63. The maximum absolute atomic E-state index is 13.1. The molecule has 1 N–H and O–H groups in total. The van der Waals surface area contributed by atoms with Crippen LogP contribution in [0.5, 0.6) is 0 Å². The van der Waals surface area contributed by atoms with E-state index < -0.39 is 0 Å². The lowest BCUT2D eigenvalue weighted by Crippen LogP contribution is -1.95. The number of hydrogen-bond donors (Lipinski definition) is 1. The van der Waals surface area contributed by atoms with Gasteiger partial charge in [-0.25, -0.2) is 4.39 Å². The van der Waals surface area contributed by atoms with E-state index >= 15 is 0 Å². The first-order valence-electron chi connectivity index (χ1n) is 5.42.